The van der Waals surface area contributed by atoms with Gasteiger partial charge in [0.1, 0.15) is 6.61 Å². The van der Waals surface area contributed by atoms with Gasteiger partial charge in [0, 0.05) is 12.6 Å². The fraction of sp³-hybridized carbons (Fsp3) is 0.533. The van der Waals surface area contributed by atoms with Crippen molar-refractivity contribution in [2.75, 3.05) is 25.1 Å². The van der Waals surface area contributed by atoms with Gasteiger partial charge in [-0.3, -0.25) is 4.90 Å². The molecular weight excluding hydrogens is 354 g/mol. The third-order valence-corrected chi connectivity index (χ3v) is 3.84. The number of rotatable bonds is 3. The minimum Gasteiger partial charge on any atom is -0.463 e. The van der Waals surface area contributed by atoms with Gasteiger partial charge >= 0.3 is 18.0 Å². The van der Waals surface area contributed by atoms with Gasteiger partial charge in [-0.15, -0.1) is 0 Å². The van der Waals surface area contributed by atoms with Crippen molar-refractivity contribution in [3.8, 4) is 0 Å². The molecule has 25 heavy (non-hydrogen) atoms. The van der Waals surface area contributed by atoms with Crippen LogP contribution in [0, 0.1) is 13.8 Å². The summed E-state index contributed by atoms with van der Waals surface area (Å²) >= 11 is 0. The lowest BCUT2D eigenvalue weighted by Gasteiger charge is -2.31. The van der Waals surface area contributed by atoms with E-state index in [9.17, 15) is 26.3 Å². The van der Waals surface area contributed by atoms with E-state index in [2.05, 4.69) is 4.99 Å². The molecule has 1 aliphatic heterocycles. The van der Waals surface area contributed by atoms with E-state index in [1.165, 1.54) is 18.7 Å². The molecule has 0 radical (unpaired) electrons. The lowest BCUT2D eigenvalue weighted by Crippen LogP contribution is -2.53. The molecule has 1 aromatic rings. The van der Waals surface area contributed by atoms with Crippen molar-refractivity contribution in [1.82, 2.24) is 0 Å². The summed E-state index contributed by atoms with van der Waals surface area (Å²) < 4.78 is 84.2. The predicted octanol–water partition coefficient (Wildman–Crippen LogP) is 3.44. The third-order valence-electron chi connectivity index (χ3n) is 3.84. The van der Waals surface area contributed by atoms with Crippen molar-refractivity contribution >= 4 is 11.7 Å². The van der Waals surface area contributed by atoms with Gasteiger partial charge in [-0.05, 0) is 37.1 Å². The first-order valence-electron chi connectivity index (χ1n) is 7.19. The van der Waals surface area contributed by atoms with Crippen molar-refractivity contribution in [3.05, 3.63) is 28.8 Å². The Morgan fingerprint density at radius 2 is 1.60 bits per heavy atom. The molecule has 0 aliphatic carbocycles. The SMILES string of the molecule is Cc1cc(C(F)(F)C(O)(F)C(F)(F)F)cc(C)c1N(C)C1=NCCO1. The molecule has 0 spiro atoms. The van der Waals surface area contributed by atoms with Crippen molar-refractivity contribution in [1.29, 1.82) is 0 Å². The summed E-state index contributed by atoms with van der Waals surface area (Å²) in [6, 6.07) is 1.64. The first kappa shape index (κ1) is 19.4. The lowest BCUT2D eigenvalue weighted by atomic mass is 9.95. The average Bonchev–Trinajstić information content (AvgIpc) is 2.98. The molecule has 0 saturated heterocycles. The van der Waals surface area contributed by atoms with Crippen LogP contribution in [0.25, 0.3) is 0 Å². The van der Waals surface area contributed by atoms with Crippen LogP contribution in [0.3, 0.4) is 0 Å². The fourth-order valence-electron chi connectivity index (χ4n) is 2.66. The normalized spacial score (nSPS) is 17.8. The highest BCUT2D eigenvalue weighted by Crippen LogP contribution is 2.49. The van der Waals surface area contributed by atoms with E-state index in [1.54, 1.807) is 7.05 Å². The number of alkyl halides is 6. The summed E-state index contributed by atoms with van der Waals surface area (Å²) in [5.74, 6) is -10.9. The summed E-state index contributed by atoms with van der Waals surface area (Å²) in [6.07, 6.45) is -6.15. The van der Waals surface area contributed by atoms with Gasteiger partial charge in [0.05, 0.1) is 12.2 Å². The number of hydrogen-bond acceptors (Lipinski definition) is 4. The lowest BCUT2D eigenvalue weighted by molar-refractivity contribution is -0.390. The minimum atomic E-state index is -6.15. The summed E-state index contributed by atoms with van der Waals surface area (Å²) in [7, 11) is 1.55. The molecule has 0 fully saturated rings. The van der Waals surface area contributed by atoms with Gasteiger partial charge in [-0.1, -0.05) is 0 Å². The topological polar surface area (TPSA) is 45.1 Å². The van der Waals surface area contributed by atoms with E-state index in [4.69, 9.17) is 9.84 Å². The highest BCUT2D eigenvalue weighted by Gasteiger charge is 2.71. The van der Waals surface area contributed by atoms with Crippen molar-refractivity contribution < 1.29 is 36.2 Å². The molecule has 1 aliphatic rings. The predicted molar refractivity (Wildman–Crippen MR) is 78.6 cm³/mol. The van der Waals surface area contributed by atoms with Crippen molar-refractivity contribution in [2.45, 2.75) is 31.8 Å². The fourth-order valence-corrected chi connectivity index (χ4v) is 2.66. The van der Waals surface area contributed by atoms with Gasteiger partial charge in [-0.2, -0.15) is 26.3 Å². The number of benzene rings is 1. The molecule has 140 valence electrons. The first-order valence-corrected chi connectivity index (χ1v) is 7.19. The highest BCUT2D eigenvalue weighted by atomic mass is 19.4. The molecule has 0 aromatic heterocycles. The van der Waals surface area contributed by atoms with E-state index < -0.39 is 23.5 Å². The number of halogens is 6. The number of aliphatic hydroxyl groups is 1. The molecular formula is C15H16F6N2O2. The van der Waals surface area contributed by atoms with Crippen LogP contribution in [0.2, 0.25) is 0 Å². The maximum absolute atomic E-state index is 14.0. The smallest absolute Gasteiger partial charge is 0.455 e. The first-order chi connectivity index (χ1) is 11.3. The zero-order chi connectivity index (χ0) is 19.2. The Morgan fingerprint density at radius 3 is 2.00 bits per heavy atom. The second-order valence-electron chi connectivity index (χ2n) is 5.72. The molecule has 2 rings (SSSR count). The molecule has 1 N–H and O–H groups in total. The number of nitrogens with zero attached hydrogens (tertiary/aromatic N) is 2. The Kier molecular flexibility index (Phi) is 4.71. The van der Waals surface area contributed by atoms with Crippen molar-refractivity contribution in [3.63, 3.8) is 0 Å². The average molecular weight is 370 g/mol. The van der Waals surface area contributed by atoms with Gasteiger partial charge in [0.15, 0.2) is 0 Å². The van der Waals surface area contributed by atoms with Crippen molar-refractivity contribution in [2.24, 2.45) is 4.99 Å². The maximum Gasteiger partial charge on any atom is 0.455 e. The number of amidine groups is 1. The molecule has 0 bridgehead atoms. The van der Waals surface area contributed by atoms with Crippen LogP contribution in [-0.4, -0.2) is 43.4 Å². The number of anilines is 1. The van der Waals surface area contributed by atoms with Gasteiger partial charge in [0.2, 0.25) is 0 Å². The quantitative estimate of drug-likeness (QED) is 0.830. The Labute approximate surface area is 139 Å². The minimum absolute atomic E-state index is 0.147. The molecule has 1 unspecified atom stereocenters. The zero-order valence-electron chi connectivity index (χ0n) is 13.6. The van der Waals surface area contributed by atoms with E-state index in [0.29, 0.717) is 31.0 Å². The molecule has 4 nitrogen and oxygen atoms in total. The standard InChI is InChI=1S/C15H16F6N2O2/c1-8-6-10(13(16,17)14(18,24)15(19,20)21)7-9(2)11(8)23(3)12-22-4-5-25-12/h6-7,24H,4-5H2,1-3H3. The second-order valence-corrected chi connectivity index (χ2v) is 5.72. The van der Waals surface area contributed by atoms with Crippen LogP contribution in [0.1, 0.15) is 16.7 Å². The van der Waals surface area contributed by atoms with Gasteiger partial charge < -0.3 is 9.84 Å². The van der Waals surface area contributed by atoms with Crippen LogP contribution in [-0.2, 0) is 10.7 Å². The Bertz CT molecular complexity index is 677. The molecule has 1 atom stereocenters. The monoisotopic (exact) mass is 370 g/mol. The summed E-state index contributed by atoms with van der Waals surface area (Å²) in [6.45, 7) is 3.53. The number of aryl methyl sites for hydroxylation is 2. The van der Waals surface area contributed by atoms with E-state index in [0.717, 1.165) is 0 Å². The van der Waals surface area contributed by atoms with Crippen LogP contribution in [0.4, 0.5) is 32.0 Å². The molecule has 10 heteroatoms. The maximum atomic E-state index is 14.0. The third kappa shape index (κ3) is 3.14. The van der Waals surface area contributed by atoms with Gasteiger partial charge in [0.25, 0.3) is 6.02 Å². The Balaban J connectivity index is 2.49. The van der Waals surface area contributed by atoms with Crippen LogP contribution < -0.4 is 4.90 Å². The van der Waals surface area contributed by atoms with E-state index in [-0.39, 0.29) is 17.1 Å². The Hall–Kier alpha value is -1.97. The van der Waals surface area contributed by atoms with E-state index in [1.807, 2.05) is 0 Å². The molecule has 0 amide bonds. The summed E-state index contributed by atoms with van der Waals surface area (Å²) in [4.78, 5) is 5.52. The molecule has 1 aromatic carbocycles. The summed E-state index contributed by atoms with van der Waals surface area (Å²) in [5, 5.41) is 8.77. The van der Waals surface area contributed by atoms with Crippen LogP contribution >= 0.6 is 0 Å². The molecule has 1 heterocycles. The van der Waals surface area contributed by atoms with E-state index >= 15 is 0 Å². The van der Waals surface area contributed by atoms with Crippen LogP contribution in [0.15, 0.2) is 17.1 Å². The number of ether oxygens (including phenoxy) is 1. The zero-order valence-corrected chi connectivity index (χ0v) is 13.6. The number of hydrogen-bond donors (Lipinski definition) is 1. The van der Waals surface area contributed by atoms with Gasteiger partial charge in [-0.25, -0.2) is 4.99 Å². The Morgan fingerprint density at radius 1 is 1.08 bits per heavy atom. The van der Waals surface area contributed by atoms with Crippen LogP contribution in [0.5, 0.6) is 0 Å². The largest absolute Gasteiger partial charge is 0.463 e. The number of aliphatic imine (C=N–C) groups is 1. The summed E-state index contributed by atoms with van der Waals surface area (Å²) in [5.41, 5.74) is -0.604. The molecule has 0 saturated carbocycles. The second kappa shape index (κ2) is 6.08. The highest BCUT2D eigenvalue weighted by molar-refractivity contribution is 5.93.